The van der Waals surface area contributed by atoms with Crippen molar-refractivity contribution >= 4 is 32.7 Å². The smallest absolute Gasteiger partial charge is 0.322 e. The highest BCUT2D eigenvalue weighted by Gasteiger charge is 2.37. The maximum absolute atomic E-state index is 15.7. The Labute approximate surface area is 300 Å². The van der Waals surface area contributed by atoms with Crippen molar-refractivity contribution < 1.29 is 31.5 Å². The van der Waals surface area contributed by atoms with E-state index in [1.807, 2.05) is 45.0 Å². The molecule has 2 aliphatic rings. The van der Waals surface area contributed by atoms with Crippen molar-refractivity contribution in [2.45, 2.75) is 64.3 Å². The Morgan fingerprint density at radius 2 is 1.83 bits per heavy atom. The topological polar surface area (TPSA) is 148 Å². The van der Waals surface area contributed by atoms with Crippen molar-refractivity contribution in [2.75, 3.05) is 11.5 Å². The van der Waals surface area contributed by atoms with Crippen molar-refractivity contribution in [1.29, 1.82) is 0 Å². The average Bonchev–Trinajstić information content (AvgIpc) is 3.78. The van der Waals surface area contributed by atoms with Gasteiger partial charge in [0.1, 0.15) is 17.6 Å². The first-order chi connectivity index (χ1) is 24.6. The van der Waals surface area contributed by atoms with Gasteiger partial charge in [-0.15, -0.1) is 0 Å². The van der Waals surface area contributed by atoms with Crippen LogP contribution in [0.1, 0.15) is 62.5 Å². The van der Waals surface area contributed by atoms with E-state index in [2.05, 4.69) is 15.6 Å². The lowest BCUT2D eigenvalue weighted by Crippen LogP contribution is -2.31. The van der Waals surface area contributed by atoms with Crippen LogP contribution in [0.5, 0.6) is 11.5 Å². The number of rotatable bonds is 3. The van der Waals surface area contributed by atoms with Crippen LogP contribution in [-0.4, -0.2) is 57.7 Å². The number of benzene rings is 3. The first-order valence-corrected chi connectivity index (χ1v) is 19.0. The maximum Gasteiger partial charge on any atom is 0.322 e. The summed E-state index contributed by atoms with van der Waals surface area (Å²) in [6, 6.07) is 13.5. The van der Waals surface area contributed by atoms with E-state index in [0.717, 1.165) is 11.1 Å². The zero-order valence-electron chi connectivity index (χ0n) is 29.3. The Kier molecular flexibility index (Phi) is 8.92. The largest absolute Gasteiger partial charge is 0.454 e. The Hall–Kier alpha value is -5.11. The normalized spacial score (nSPS) is 21.8. The summed E-state index contributed by atoms with van der Waals surface area (Å²) < 4.78 is 66.3. The molecule has 4 bridgehead atoms. The molecule has 272 valence electrons. The molecule has 0 saturated carbocycles. The highest BCUT2D eigenvalue weighted by atomic mass is 32.2. The van der Waals surface area contributed by atoms with Crippen LogP contribution in [-0.2, 0) is 39.9 Å². The number of halogens is 2. The standard InChI is InChI=1S/C38H40F2N6O5S/c1-37(2)13-6-14-38(3,23-8-5-7-22(17-23)18-31-34(47)44-36(48)42-31)35-43-33(46(4)45-35)27-19-24(9-10-28(27)39)51-32-26(12-16-52(49,50)21-37)25-11-15-41-30(25)20-29(32)40/h5,7-11,15,17,19-20,31,41H,6,12-14,16,18,21H2,1-4H3,(H2,42,44,47,48). The molecule has 1 saturated heterocycles. The predicted molar refractivity (Wildman–Crippen MR) is 192 cm³/mol. The van der Waals surface area contributed by atoms with Crippen LogP contribution < -0.4 is 15.4 Å². The Balaban J connectivity index is 1.34. The second kappa shape index (κ2) is 13.1. The summed E-state index contributed by atoms with van der Waals surface area (Å²) in [5.74, 6) is -1.29. The van der Waals surface area contributed by atoms with Gasteiger partial charge in [-0.2, -0.15) is 5.10 Å². The summed E-state index contributed by atoms with van der Waals surface area (Å²) >= 11 is 0. The number of urea groups is 1. The summed E-state index contributed by atoms with van der Waals surface area (Å²) in [5, 5.41) is 10.3. The van der Waals surface area contributed by atoms with E-state index in [-0.39, 0.29) is 47.2 Å². The number of nitrogens with one attached hydrogen (secondary N) is 3. The highest BCUT2D eigenvalue weighted by Crippen LogP contribution is 2.41. The molecular weight excluding hydrogens is 691 g/mol. The van der Waals surface area contributed by atoms with Crippen LogP contribution in [0.25, 0.3) is 22.3 Å². The second-order valence-electron chi connectivity index (χ2n) is 14.8. The van der Waals surface area contributed by atoms with Crippen LogP contribution >= 0.6 is 0 Å². The molecule has 2 aromatic heterocycles. The van der Waals surface area contributed by atoms with Crippen molar-refractivity contribution in [3.8, 4) is 22.9 Å². The Bertz CT molecular complexity index is 2340. The molecule has 3 amide bonds. The number of nitrogens with zero attached hydrogens (tertiary/aromatic N) is 3. The number of carbonyl (C=O) groups excluding carboxylic acids is 2. The second-order valence-corrected chi connectivity index (χ2v) is 17.0. The quantitative estimate of drug-likeness (QED) is 0.186. The van der Waals surface area contributed by atoms with E-state index in [0.29, 0.717) is 41.6 Å². The first-order valence-electron chi connectivity index (χ1n) is 17.2. The van der Waals surface area contributed by atoms with Crippen LogP contribution in [0.15, 0.2) is 60.8 Å². The van der Waals surface area contributed by atoms with E-state index in [1.165, 1.54) is 28.9 Å². The van der Waals surface area contributed by atoms with Crippen molar-refractivity contribution in [2.24, 2.45) is 12.5 Å². The van der Waals surface area contributed by atoms with E-state index in [9.17, 15) is 18.0 Å². The molecule has 52 heavy (non-hydrogen) atoms. The fourth-order valence-corrected chi connectivity index (χ4v) is 9.47. The SMILES string of the molecule is Cn1nc2nc1-c1cc(ccc1F)Oc1c(F)cc3[nH]ccc3c1CCS(=O)(=O)CC(C)(C)CCCC2(C)c1cccc(CC2NC(=O)NC2=O)c1. The molecule has 0 spiro atoms. The van der Waals surface area contributed by atoms with Gasteiger partial charge in [-0.1, -0.05) is 44.5 Å². The van der Waals surface area contributed by atoms with E-state index in [4.69, 9.17) is 14.8 Å². The van der Waals surface area contributed by atoms with Gasteiger partial charge in [0.2, 0.25) is 0 Å². The summed E-state index contributed by atoms with van der Waals surface area (Å²) in [6.45, 7) is 5.85. The molecule has 2 unspecified atom stereocenters. The van der Waals surface area contributed by atoms with Gasteiger partial charge in [-0.25, -0.2) is 31.7 Å². The third-order valence-electron chi connectivity index (χ3n) is 10.2. The molecule has 0 radical (unpaired) electrons. The first kappa shape index (κ1) is 35.3. The summed E-state index contributed by atoms with van der Waals surface area (Å²) in [5.41, 5.74) is 1.22. The number of aromatic nitrogens is 4. The maximum atomic E-state index is 15.7. The minimum absolute atomic E-state index is 0.0150. The van der Waals surface area contributed by atoms with Gasteiger partial charge < -0.3 is 15.0 Å². The number of amides is 3. The minimum atomic E-state index is -3.61. The molecule has 4 heterocycles. The van der Waals surface area contributed by atoms with Gasteiger partial charge in [0, 0.05) is 42.2 Å². The molecule has 3 N–H and O–H groups in total. The van der Waals surface area contributed by atoms with Crippen LogP contribution in [0, 0.1) is 17.0 Å². The number of aryl methyl sites for hydroxylation is 2. The third kappa shape index (κ3) is 6.91. The van der Waals surface area contributed by atoms with Crippen molar-refractivity contribution in [3.63, 3.8) is 0 Å². The van der Waals surface area contributed by atoms with Gasteiger partial charge in [-0.3, -0.25) is 10.1 Å². The Morgan fingerprint density at radius 3 is 2.60 bits per heavy atom. The lowest BCUT2D eigenvalue weighted by atomic mass is 9.75. The average molecular weight is 731 g/mol. The number of H-pyrrole nitrogens is 1. The molecule has 11 nitrogen and oxygen atoms in total. The third-order valence-corrected chi connectivity index (χ3v) is 12.2. The number of hydrogen-bond acceptors (Lipinski definition) is 7. The van der Waals surface area contributed by atoms with E-state index in [1.54, 1.807) is 19.3 Å². The minimum Gasteiger partial charge on any atom is -0.454 e. The molecule has 5 aromatic rings. The van der Waals surface area contributed by atoms with E-state index >= 15 is 8.78 Å². The predicted octanol–water partition coefficient (Wildman–Crippen LogP) is 6.26. The van der Waals surface area contributed by atoms with Gasteiger partial charge >= 0.3 is 6.03 Å². The number of ether oxygens (including phenoxy) is 1. The molecular formula is C38H40F2N6O5S. The molecule has 1 fully saturated rings. The van der Waals surface area contributed by atoms with E-state index < -0.39 is 50.3 Å². The number of imide groups is 1. The summed E-state index contributed by atoms with van der Waals surface area (Å²) in [4.78, 5) is 32.0. The number of fused-ring (bicyclic) bond motifs is 8. The summed E-state index contributed by atoms with van der Waals surface area (Å²) in [7, 11) is -1.94. The zero-order valence-corrected chi connectivity index (χ0v) is 30.2. The van der Waals surface area contributed by atoms with Gasteiger partial charge in [-0.05, 0) is 67.0 Å². The molecule has 3 aromatic carbocycles. The number of hydrogen-bond donors (Lipinski definition) is 3. The molecule has 2 aliphatic heterocycles. The lowest BCUT2D eigenvalue weighted by Gasteiger charge is -2.31. The number of sulfone groups is 1. The van der Waals surface area contributed by atoms with Crippen LogP contribution in [0.3, 0.4) is 0 Å². The fourth-order valence-electron chi connectivity index (χ4n) is 7.47. The van der Waals surface area contributed by atoms with Crippen LogP contribution in [0.4, 0.5) is 13.6 Å². The van der Waals surface area contributed by atoms with Crippen molar-refractivity contribution in [1.82, 2.24) is 30.4 Å². The van der Waals surface area contributed by atoms with Gasteiger partial charge in [0.15, 0.2) is 33.1 Å². The van der Waals surface area contributed by atoms with Crippen LogP contribution in [0.2, 0.25) is 0 Å². The highest BCUT2D eigenvalue weighted by molar-refractivity contribution is 7.91. The lowest BCUT2D eigenvalue weighted by molar-refractivity contribution is -0.120. The zero-order chi connectivity index (χ0) is 37.0. The fraction of sp³-hybridized carbons (Fsp3) is 0.368. The van der Waals surface area contributed by atoms with Crippen molar-refractivity contribution in [3.05, 3.63) is 94.9 Å². The molecule has 0 aliphatic carbocycles. The molecule has 14 heteroatoms. The van der Waals surface area contributed by atoms with Gasteiger partial charge in [0.25, 0.3) is 5.91 Å². The monoisotopic (exact) mass is 730 g/mol. The van der Waals surface area contributed by atoms with Gasteiger partial charge in [0.05, 0.1) is 22.5 Å². The Morgan fingerprint density at radius 1 is 1.02 bits per heavy atom. The summed E-state index contributed by atoms with van der Waals surface area (Å²) in [6.07, 6.45) is 3.63. The molecule has 2 atom stereocenters. The number of carbonyl (C=O) groups is 2. The number of aromatic amines is 1. The molecule has 7 rings (SSSR count).